The van der Waals surface area contributed by atoms with Crippen LogP contribution in [0.3, 0.4) is 0 Å². The van der Waals surface area contributed by atoms with Gasteiger partial charge in [0, 0.05) is 23.3 Å². The zero-order valence-electron chi connectivity index (χ0n) is 15.2. The molecule has 2 atom stereocenters. The van der Waals surface area contributed by atoms with Crippen molar-refractivity contribution >= 4 is 22.5 Å². The van der Waals surface area contributed by atoms with Gasteiger partial charge in [0.05, 0.1) is 29.4 Å². The highest BCUT2D eigenvalue weighted by atomic mass is 35.5. The zero-order chi connectivity index (χ0) is 19.0. The van der Waals surface area contributed by atoms with Crippen LogP contribution < -0.4 is 5.56 Å². The predicted octanol–water partition coefficient (Wildman–Crippen LogP) is 3.82. The second-order valence-electron chi connectivity index (χ2n) is 7.32. The standard InChI is InChI=1S/C21H22ClN3O2/c1-13-6-7-14(11-23-13)8-15-9-16-18(10-17(15)22)24-12-25(21(16)27)19-4-2-3-5-20(19)26/h6-7,9-12,19-20,26H,2-5,8H2,1H3. The van der Waals surface area contributed by atoms with Crippen LogP contribution in [0, 0.1) is 6.92 Å². The summed E-state index contributed by atoms with van der Waals surface area (Å²) in [6, 6.07) is 7.35. The van der Waals surface area contributed by atoms with Gasteiger partial charge in [0.2, 0.25) is 0 Å². The summed E-state index contributed by atoms with van der Waals surface area (Å²) in [7, 11) is 0. The second-order valence-corrected chi connectivity index (χ2v) is 7.73. The third-order valence-corrected chi connectivity index (χ3v) is 5.72. The van der Waals surface area contributed by atoms with Gasteiger partial charge in [-0.15, -0.1) is 0 Å². The highest BCUT2D eigenvalue weighted by molar-refractivity contribution is 6.32. The molecule has 4 rings (SSSR count). The Morgan fingerprint density at radius 1 is 1.22 bits per heavy atom. The first-order valence-electron chi connectivity index (χ1n) is 9.32. The van der Waals surface area contributed by atoms with Gasteiger partial charge < -0.3 is 5.11 Å². The molecule has 0 aliphatic heterocycles. The number of hydrogen-bond acceptors (Lipinski definition) is 4. The highest BCUT2D eigenvalue weighted by Gasteiger charge is 2.26. The van der Waals surface area contributed by atoms with E-state index < -0.39 is 6.10 Å². The summed E-state index contributed by atoms with van der Waals surface area (Å²) in [5.41, 5.74) is 3.33. The molecule has 2 heterocycles. The summed E-state index contributed by atoms with van der Waals surface area (Å²) >= 11 is 6.44. The van der Waals surface area contributed by atoms with Crippen LogP contribution in [-0.2, 0) is 6.42 Å². The SMILES string of the molecule is Cc1ccc(Cc2cc3c(=O)n(C4CCCCC4O)cnc3cc2Cl)cn1. The van der Waals surface area contributed by atoms with Crippen LogP contribution in [-0.4, -0.2) is 25.7 Å². The van der Waals surface area contributed by atoms with Crippen molar-refractivity contribution in [2.75, 3.05) is 0 Å². The Kier molecular flexibility index (Phi) is 4.98. The van der Waals surface area contributed by atoms with E-state index in [1.165, 1.54) is 0 Å². The van der Waals surface area contributed by atoms with Crippen LogP contribution in [0.15, 0.2) is 41.6 Å². The molecule has 1 saturated carbocycles. The summed E-state index contributed by atoms with van der Waals surface area (Å²) in [6.45, 7) is 1.95. The Morgan fingerprint density at radius 3 is 2.78 bits per heavy atom. The van der Waals surface area contributed by atoms with Gasteiger partial charge in [-0.3, -0.25) is 14.3 Å². The quantitative estimate of drug-likeness (QED) is 0.746. The number of rotatable bonds is 3. The van der Waals surface area contributed by atoms with Gasteiger partial charge >= 0.3 is 0 Å². The molecule has 2 aromatic heterocycles. The van der Waals surface area contributed by atoms with Crippen LogP contribution in [0.2, 0.25) is 5.02 Å². The van der Waals surface area contributed by atoms with Crippen molar-refractivity contribution in [1.29, 1.82) is 0 Å². The number of nitrogens with zero attached hydrogens (tertiary/aromatic N) is 3. The van der Waals surface area contributed by atoms with Crippen molar-refractivity contribution in [3.8, 4) is 0 Å². The van der Waals surface area contributed by atoms with Crippen molar-refractivity contribution in [2.45, 2.75) is 51.2 Å². The first kappa shape index (κ1) is 18.1. The summed E-state index contributed by atoms with van der Waals surface area (Å²) in [5.74, 6) is 0. The lowest BCUT2D eigenvalue weighted by Crippen LogP contribution is -2.34. The van der Waals surface area contributed by atoms with Crippen molar-refractivity contribution in [3.05, 3.63) is 69.0 Å². The Bertz CT molecular complexity index is 1030. The van der Waals surface area contributed by atoms with Gasteiger partial charge in [-0.1, -0.05) is 30.5 Å². The van der Waals surface area contributed by atoms with E-state index in [1.807, 2.05) is 31.3 Å². The van der Waals surface area contributed by atoms with E-state index in [1.54, 1.807) is 17.0 Å². The molecule has 2 unspecified atom stereocenters. The van der Waals surface area contributed by atoms with E-state index in [0.29, 0.717) is 22.3 Å². The lowest BCUT2D eigenvalue weighted by Gasteiger charge is -2.29. The minimum atomic E-state index is -0.499. The highest BCUT2D eigenvalue weighted by Crippen LogP contribution is 2.29. The molecule has 1 aliphatic rings. The number of fused-ring (bicyclic) bond motifs is 1. The Morgan fingerprint density at radius 2 is 2.04 bits per heavy atom. The van der Waals surface area contributed by atoms with Gasteiger partial charge in [0.25, 0.3) is 5.56 Å². The first-order chi connectivity index (χ1) is 13.0. The summed E-state index contributed by atoms with van der Waals surface area (Å²) < 4.78 is 1.59. The average Bonchev–Trinajstić information content (AvgIpc) is 2.66. The second kappa shape index (κ2) is 7.41. The molecule has 5 nitrogen and oxygen atoms in total. The van der Waals surface area contributed by atoms with Crippen molar-refractivity contribution < 1.29 is 5.11 Å². The smallest absolute Gasteiger partial charge is 0.261 e. The predicted molar refractivity (Wildman–Crippen MR) is 106 cm³/mol. The van der Waals surface area contributed by atoms with Crippen molar-refractivity contribution in [3.63, 3.8) is 0 Å². The number of pyridine rings is 1. The van der Waals surface area contributed by atoms with E-state index >= 15 is 0 Å². The van der Waals surface area contributed by atoms with E-state index in [4.69, 9.17) is 11.6 Å². The summed E-state index contributed by atoms with van der Waals surface area (Å²) in [5, 5.41) is 11.4. The number of aliphatic hydroxyl groups excluding tert-OH is 1. The van der Waals surface area contributed by atoms with Crippen LogP contribution >= 0.6 is 11.6 Å². The number of aliphatic hydroxyl groups is 1. The number of benzene rings is 1. The zero-order valence-corrected chi connectivity index (χ0v) is 16.0. The molecule has 6 heteroatoms. The molecular weight excluding hydrogens is 362 g/mol. The molecule has 1 aromatic carbocycles. The fraction of sp³-hybridized carbons (Fsp3) is 0.381. The third kappa shape index (κ3) is 3.62. The maximum atomic E-state index is 13.1. The first-order valence-corrected chi connectivity index (χ1v) is 9.69. The summed E-state index contributed by atoms with van der Waals surface area (Å²) in [4.78, 5) is 21.8. The monoisotopic (exact) mass is 383 g/mol. The van der Waals surface area contributed by atoms with Gasteiger partial charge in [-0.05, 0) is 49.1 Å². The normalized spacial score (nSPS) is 20.1. The summed E-state index contributed by atoms with van der Waals surface area (Å²) in [6.07, 6.45) is 7.00. The molecule has 1 fully saturated rings. The fourth-order valence-corrected chi connectivity index (χ4v) is 4.04. The Labute approximate surface area is 162 Å². The van der Waals surface area contributed by atoms with Crippen LogP contribution in [0.5, 0.6) is 0 Å². The van der Waals surface area contributed by atoms with E-state index in [9.17, 15) is 9.90 Å². The molecule has 1 aliphatic carbocycles. The topological polar surface area (TPSA) is 68.0 Å². The molecule has 0 amide bonds. The van der Waals surface area contributed by atoms with Crippen LogP contribution in [0.25, 0.3) is 10.9 Å². The van der Waals surface area contributed by atoms with Gasteiger partial charge in [0.1, 0.15) is 0 Å². The number of aromatic nitrogens is 3. The molecule has 0 bridgehead atoms. The minimum Gasteiger partial charge on any atom is -0.391 e. The lowest BCUT2D eigenvalue weighted by atomic mass is 9.92. The molecule has 0 saturated heterocycles. The molecule has 0 radical (unpaired) electrons. The van der Waals surface area contributed by atoms with Crippen LogP contribution in [0.4, 0.5) is 0 Å². The molecule has 27 heavy (non-hydrogen) atoms. The third-order valence-electron chi connectivity index (χ3n) is 5.37. The van der Waals surface area contributed by atoms with Crippen LogP contribution in [0.1, 0.15) is 48.5 Å². The molecule has 3 aromatic rings. The number of halogens is 1. The Hall–Kier alpha value is -2.24. The Balaban J connectivity index is 1.76. The largest absolute Gasteiger partial charge is 0.391 e. The minimum absolute atomic E-state index is 0.120. The number of aryl methyl sites for hydroxylation is 1. The van der Waals surface area contributed by atoms with Gasteiger partial charge in [0.15, 0.2) is 0 Å². The van der Waals surface area contributed by atoms with Gasteiger partial charge in [-0.25, -0.2) is 4.98 Å². The lowest BCUT2D eigenvalue weighted by molar-refractivity contribution is 0.0735. The molecular formula is C21H22ClN3O2. The molecule has 140 valence electrons. The van der Waals surface area contributed by atoms with E-state index in [0.717, 1.165) is 42.5 Å². The van der Waals surface area contributed by atoms with E-state index in [-0.39, 0.29) is 11.6 Å². The van der Waals surface area contributed by atoms with Gasteiger partial charge in [-0.2, -0.15) is 0 Å². The maximum Gasteiger partial charge on any atom is 0.261 e. The molecule has 1 N–H and O–H groups in total. The fourth-order valence-electron chi connectivity index (χ4n) is 3.81. The molecule has 0 spiro atoms. The van der Waals surface area contributed by atoms with E-state index in [2.05, 4.69) is 9.97 Å². The number of hydrogen-bond donors (Lipinski definition) is 1. The van der Waals surface area contributed by atoms with Crippen molar-refractivity contribution in [1.82, 2.24) is 14.5 Å². The van der Waals surface area contributed by atoms with Crippen molar-refractivity contribution in [2.24, 2.45) is 0 Å². The maximum absolute atomic E-state index is 13.1. The average molecular weight is 384 g/mol.